The average molecular weight is 300 g/mol. The molecule has 1 unspecified atom stereocenters. The molecule has 0 N–H and O–H groups in total. The fourth-order valence-corrected chi connectivity index (χ4v) is 3.36. The molecular weight excluding hydrogens is 276 g/mol. The summed E-state index contributed by atoms with van der Waals surface area (Å²) in [5.41, 5.74) is 1.85. The molecule has 22 heavy (non-hydrogen) atoms. The van der Waals surface area contributed by atoms with E-state index in [1.54, 1.807) is 6.26 Å². The van der Waals surface area contributed by atoms with Crippen LogP contribution in [0.25, 0.3) is 11.0 Å². The molecule has 2 aromatic rings. The predicted molar refractivity (Wildman–Crippen MR) is 87.8 cm³/mol. The molecule has 0 radical (unpaired) electrons. The van der Waals surface area contributed by atoms with Crippen LogP contribution >= 0.6 is 0 Å². The molecular formula is C18H24N2O2. The van der Waals surface area contributed by atoms with Crippen LogP contribution in [0.15, 0.2) is 34.9 Å². The van der Waals surface area contributed by atoms with Gasteiger partial charge in [-0.25, -0.2) is 0 Å². The van der Waals surface area contributed by atoms with Gasteiger partial charge in [-0.3, -0.25) is 4.79 Å². The second-order valence-corrected chi connectivity index (χ2v) is 6.20. The molecule has 1 aromatic carbocycles. The number of furan rings is 1. The molecule has 2 heterocycles. The van der Waals surface area contributed by atoms with Gasteiger partial charge < -0.3 is 14.2 Å². The molecule has 1 aromatic heterocycles. The zero-order chi connectivity index (χ0) is 15.5. The summed E-state index contributed by atoms with van der Waals surface area (Å²) in [7, 11) is 2.14. The fraction of sp³-hybridized carbons (Fsp3) is 0.500. The monoisotopic (exact) mass is 300 g/mol. The minimum Gasteiger partial charge on any atom is -0.464 e. The number of carbonyl (C=O) groups is 1. The predicted octanol–water partition coefficient (Wildman–Crippen LogP) is 2.92. The summed E-state index contributed by atoms with van der Waals surface area (Å²) in [4.78, 5) is 17.2. The summed E-state index contributed by atoms with van der Waals surface area (Å²) >= 11 is 0. The lowest BCUT2D eigenvalue weighted by atomic mass is 10.1. The Labute approximate surface area is 131 Å². The van der Waals surface area contributed by atoms with E-state index in [0.29, 0.717) is 12.5 Å². The molecule has 4 nitrogen and oxygen atoms in total. The maximum absolute atomic E-state index is 12.8. The highest BCUT2D eigenvalue weighted by atomic mass is 16.3. The normalized spacial score (nSPS) is 20.3. The van der Waals surface area contributed by atoms with Gasteiger partial charge in [0.2, 0.25) is 5.91 Å². The molecule has 1 fully saturated rings. The molecule has 1 aliphatic heterocycles. The summed E-state index contributed by atoms with van der Waals surface area (Å²) in [6.45, 7) is 5.05. The van der Waals surface area contributed by atoms with Crippen molar-refractivity contribution in [1.29, 1.82) is 0 Å². The molecule has 0 spiro atoms. The second kappa shape index (κ2) is 6.53. The Morgan fingerprint density at radius 3 is 2.95 bits per heavy atom. The maximum atomic E-state index is 12.8. The first-order valence-corrected chi connectivity index (χ1v) is 8.12. The Morgan fingerprint density at radius 2 is 2.14 bits per heavy atom. The van der Waals surface area contributed by atoms with Crippen LogP contribution in [0.5, 0.6) is 0 Å². The summed E-state index contributed by atoms with van der Waals surface area (Å²) in [6.07, 6.45) is 4.21. The van der Waals surface area contributed by atoms with Gasteiger partial charge >= 0.3 is 0 Å². The number of hydrogen-bond acceptors (Lipinski definition) is 3. The zero-order valence-electron chi connectivity index (χ0n) is 13.4. The summed E-state index contributed by atoms with van der Waals surface area (Å²) < 4.78 is 5.55. The Bertz CT molecular complexity index is 649. The van der Waals surface area contributed by atoms with Crippen LogP contribution in [-0.2, 0) is 11.2 Å². The molecule has 0 saturated carbocycles. The Balaban J connectivity index is 1.78. The van der Waals surface area contributed by atoms with Crippen LogP contribution in [0.3, 0.4) is 0 Å². The number of fused-ring (bicyclic) bond motifs is 1. The fourth-order valence-electron chi connectivity index (χ4n) is 3.36. The molecule has 1 amide bonds. The molecule has 1 saturated heterocycles. The largest absolute Gasteiger partial charge is 0.464 e. The lowest BCUT2D eigenvalue weighted by Gasteiger charge is -2.30. The average Bonchev–Trinajstić information content (AvgIpc) is 2.82. The van der Waals surface area contributed by atoms with Crippen molar-refractivity contribution >= 4 is 16.9 Å². The van der Waals surface area contributed by atoms with Crippen molar-refractivity contribution in [3.8, 4) is 0 Å². The molecule has 4 heteroatoms. The quantitative estimate of drug-likeness (QED) is 0.874. The van der Waals surface area contributed by atoms with E-state index in [-0.39, 0.29) is 5.91 Å². The highest BCUT2D eigenvalue weighted by molar-refractivity contribution is 5.87. The number of carbonyl (C=O) groups excluding carboxylic acids is 1. The van der Waals surface area contributed by atoms with Crippen LogP contribution < -0.4 is 0 Å². The van der Waals surface area contributed by atoms with Crippen molar-refractivity contribution in [3.63, 3.8) is 0 Å². The highest BCUT2D eigenvalue weighted by Crippen LogP contribution is 2.22. The van der Waals surface area contributed by atoms with Crippen molar-refractivity contribution in [3.05, 3.63) is 36.1 Å². The second-order valence-electron chi connectivity index (χ2n) is 6.20. The van der Waals surface area contributed by atoms with Gasteiger partial charge in [-0.2, -0.15) is 0 Å². The van der Waals surface area contributed by atoms with Gasteiger partial charge in [0.05, 0.1) is 12.7 Å². The number of rotatable bonds is 3. The maximum Gasteiger partial charge on any atom is 0.227 e. The van der Waals surface area contributed by atoms with E-state index >= 15 is 0 Å². The smallest absolute Gasteiger partial charge is 0.227 e. The van der Waals surface area contributed by atoms with E-state index in [9.17, 15) is 4.79 Å². The minimum absolute atomic E-state index is 0.216. The molecule has 0 bridgehead atoms. The van der Waals surface area contributed by atoms with Gasteiger partial charge in [0.15, 0.2) is 0 Å². The van der Waals surface area contributed by atoms with E-state index in [4.69, 9.17) is 4.42 Å². The summed E-state index contributed by atoms with van der Waals surface area (Å²) in [5.74, 6) is 0.216. The van der Waals surface area contributed by atoms with Gasteiger partial charge in [-0.05, 0) is 32.5 Å². The first-order valence-electron chi connectivity index (χ1n) is 8.12. The number of amides is 1. The van der Waals surface area contributed by atoms with Gasteiger partial charge in [0, 0.05) is 30.1 Å². The first kappa shape index (κ1) is 15.1. The topological polar surface area (TPSA) is 36.7 Å². The Morgan fingerprint density at radius 1 is 1.32 bits per heavy atom. The van der Waals surface area contributed by atoms with E-state index in [1.165, 1.54) is 0 Å². The van der Waals surface area contributed by atoms with E-state index in [2.05, 4.69) is 23.8 Å². The minimum atomic E-state index is 0.216. The van der Waals surface area contributed by atoms with Crippen molar-refractivity contribution in [2.45, 2.75) is 32.2 Å². The molecule has 1 aliphatic rings. The third-order valence-corrected chi connectivity index (χ3v) is 4.60. The number of nitrogens with zero attached hydrogens (tertiary/aromatic N) is 2. The number of likely N-dealkylation sites (N-methyl/N-ethyl adjacent to an activating group) is 1. The van der Waals surface area contributed by atoms with Crippen LogP contribution in [0.2, 0.25) is 0 Å². The van der Waals surface area contributed by atoms with Crippen LogP contribution in [0, 0.1) is 0 Å². The van der Waals surface area contributed by atoms with Crippen LogP contribution in [0.4, 0.5) is 0 Å². The SMILES string of the molecule is CCC1CN(C)CCCN1C(=O)Cc1coc2ccccc12. The van der Waals surface area contributed by atoms with Gasteiger partial charge in [0.1, 0.15) is 5.58 Å². The molecule has 1 atom stereocenters. The number of para-hydroxylation sites is 1. The van der Waals surface area contributed by atoms with Crippen LogP contribution in [0.1, 0.15) is 25.3 Å². The van der Waals surface area contributed by atoms with Gasteiger partial charge in [0.25, 0.3) is 0 Å². The molecule has 3 rings (SSSR count). The summed E-state index contributed by atoms with van der Waals surface area (Å²) in [6, 6.07) is 8.23. The lowest BCUT2D eigenvalue weighted by molar-refractivity contribution is -0.132. The number of benzene rings is 1. The van der Waals surface area contributed by atoms with Crippen molar-refractivity contribution in [2.75, 3.05) is 26.7 Å². The Hall–Kier alpha value is -1.81. The van der Waals surface area contributed by atoms with Crippen LogP contribution in [-0.4, -0.2) is 48.4 Å². The van der Waals surface area contributed by atoms with E-state index in [1.807, 2.05) is 24.3 Å². The molecule has 118 valence electrons. The number of hydrogen-bond donors (Lipinski definition) is 0. The Kier molecular flexibility index (Phi) is 4.48. The highest BCUT2D eigenvalue weighted by Gasteiger charge is 2.26. The molecule has 0 aliphatic carbocycles. The van der Waals surface area contributed by atoms with E-state index in [0.717, 1.165) is 49.0 Å². The standard InChI is InChI=1S/C18H24N2O2/c1-3-15-12-19(2)9-6-10-20(15)18(21)11-14-13-22-17-8-5-4-7-16(14)17/h4-5,7-8,13,15H,3,6,9-12H2,1-2H3. The summed E-state index contributed by atoms with van der Waals surface area (Å²) in [5, 5.41) is 1.05. The third kappa shape index (κ3) is 3.02. The van der Waals surface area contributed by atoms with Gasteiger partial charge in [-0.1, -0.05) is 25.1 Å². The van der Waals surface area contributed by atoms with Crippen molar-refractivity contribution < 1.29 is 9.21 Å². The van der Waals surface area contributed by atoms with E-state index < -0.39 is 0 Å². The van der Waals surface area contributed by atoms with Crippen molar-refractivity contribution in [1.82, 2.24) is 9.80 Å². The third-order valence-electron chi connectivity index (χ3n) is 4.60. The zero-order valence-corrected chi connectivity index (χ0v) is 13.4. The van der Waals surface area contributed by atoms with Gasteiger partial charge in [-0.15, -0.1) is 0 Å². The van der Waals surface area contributed by atoms with Crippen molar-refractivity contribution in [2.24, 2.45) is 0 Å². The first-order chi connectivity index (χ1) is 10.7. The lowest BCUT2D eigenvalue weighted by Crippen LogP contribution is -2.44.